The molecule has 1 aliphatic heterocycles. The molecule has 0 aliphatic carbocycles. The first-order valence-electron chi connectivity index (χ1n) is 5.23. The van der Waals surface area contributed by atoms with Crippen LogP contribution in [0.3, 0.4) is 0 Å². The molecule has 1 rings (SSSR count). The summed E-state index contributed by atoms with van der Waals surface area (Å²) >= 11 is 0. The van der Waals surface area contributed by atoms with Crippen molar-refractivity contribution >= 4 is 0 Å². The van der Waals surface area contributed by atoms with Crippen molar-refractivity contribution in [2.24, 2.45) is 5.92 Å². The minimum absolute atomic E-state index is 0.381. The van der Waals surface area contributed by atoms with E-state index in [0.29, 0.717) is 5.54 Å². The molecule has 0 amide bonds. The van der Waals surface area contributed by atoms with Gasteiger partial charge in [0.2, 0.25) is 0 Å². The summed E-state index contributed by atoms with van der Waals surface area (Å²) in [6.45, 7) is 12.9. The van der Waals surface area contributed by atoms with E-state index in [9.17, 15) is 0 Å². The van der Waals surface area contributed by atoms with Gasteiger partial charge in [-0.1, -0.05) is 20.3 Å². The largest absolute Gasteiger partial charge is 0.295 e. The van der Waals surface area contributed by atoms with Gasteiger partial charge in [0.05, 0.1) is 0 Å². The molecule has 0 aromatic carbocycles. The summed E-state index contributed by atoms with van der Waals surface area (Å²) in [5, 5.41) is 0. The molecule has 0 aromatic rings. The molecule has 2 unspecified atom stereocenters. The SMILES string of the molecule is CCC(C)C1CCN1C(C)(C)C. The van der Waals surface area contributed by atoms with E-state index in [2.05, 4.69) is 39.5 Å². The van der Waals surface area contributed by atoms with Gasteiger partial charge in [-0.15, -0.1) is 0 Å². The van der Waals surface area contributed by atoms with Gasteiger partial charge in [0.15, 0.2) is 0 Å². The van der Waals surface area contributed by atoms with E-state index in [4.69, 9.17) is 0 Å². The van der Waals surface area contributed by atoms with Gasteiger partial charge in [0.1, 0.15) is 0 Å². The van der Waals surface area contributed by atoms with Crippen LogP contribution in [-0.2, 0) is 0 Å². The molecule has 1 aliphatic rings. The Morgan fingerprint density at radius 3 is 2.25 bits per heavy atom. The normalized spacial score (nSPS) is 28.2. The molecule has 1 fully saturated rings. The number of nitrogens with zero attached hydrogens (tertiary/aromatic N) is 1. The fourth-order valence-electron chi connectivity index (χ4n) is 2.10. The van der Waals surface area contributed by atoms with Crippen LogP contribution in [0.2, 0.25) is 0 Å². The van der Waals surface area contributed by atoms with Gasteiger partial charge < -0.3 is 0 Å². The highest BCUT2D eigenvalue weighted by molar-refractivity contribution is 4.93. The average Bonchev–Trinajstić information content (AvgIpc) is 1.80. The first-order chi connectivity index (χ1) is 5.46. The molecule has 0 aromatic heterocycles. The summed E-state index contributed by atoms with van der Waals surface area (Å²) in [6, 6.07) is 0.856. The molecule has 0 spiro atoms. The van der Waals surface area contributed by atoms with E-state index in [1.54, 1.807) is 0 Å². The van der Waals surface area contributed by atoms with Crippen molar-refractivity contribution in [2.45, 2.75) is 59.0 Å². The average molecular weight is 169 g/mol. The summed E-state index contributed by atoms with van der Waals surface area (Å²) < 4.78 is 0. The van der Waals surface area contributed by atoms with Crippen LogP contribution < -0.4 is 0 Å². The van der Waals surface area contributed by atoms with Crippen LogP contribution in [0, 0.1) is 5.92 Å². The maximum atomic E-state index is 2.64. The molecule has 1 heterocycles. The first-order valence-corrected chi connectivity index (χ1v) is 5.23. The van der Waals surface area contributed by atoms with E-state index in [1.807, 2.05) is 0 Å². The van der Waals surface area contributed by atoms with Crippen molar-refractivity contribution in [3.05, 3.63) is 0 Å². The second-order valence-corrected chi connectivity index (χ2v) is 5.11. The summed E-state index contributed by atoms with van der Waals surface area (Å²) in [6.07, 6.45) is 2.73. The van der Waals surface area contributed by atoms with Crippen molar-refractivity contribution < 1.29 is 0 Å². The Labute approximate surface area is 77.1 Å². The highest BCUT2D eigenvalue weighted by Crippen LogP contribution is 2.32. The van der Waals surface area contributed by atoms with Gasteiger partial charge in [-0.05, 0) is 33.1 Å². The van der Waals surface area contributed by atoms with Crippen LogP contribution in [0.4, 0.5) is 0 Å². The number of hydrogen-bond donors (Lipinski definition) is 0. The Bertz CT molecular complexity index is 146. The molecule has 2 atom stereocenters. The zero-order valence-electron chi connectivity index (χ0n) is 9.22. The quantitative estimate of drug-likeness (QED) is 0.614. The number of hydrogen-bond acceptors (Lipinski definition) is 1. The zero-order chi connectivity index (χ0) is 9.35. The van der Waals surface area contributed by atoms with Crippen molar-refractivity contribution in [2.75, 3.05) is 6.54 Å². The number of likely N-dealkylation sites (tertiary alicyclic amines) is 1. The molecule has 1 saturated heterocycles. The van der Waals surface area contributed by atoms with Crippen LogP contribution in [0.1, 0.15) is 47.5 Å². The lowest BCUT2D eigenvalue weighted by atomic mass is 9.84. The lowest BCUT2D eigenvalue weighted by Crippen LogP contribution is -2.59. The Morgan fingerprint density at radius 1 is 1.42 bits per heavy atom. The molecule has 0 radical (unpaired) electrons. The van der Waals surface area contributed by atoms with E-state index < -0.39 is 0 Å². The summed E-state index contributed by atoms with van der Waals surface area (Å²) in [4.78, 5) is 2.64. The molecule has 0 saturated carbocycles. The van der Waals surface area contributed by atoms with Gasteiger partial charge in [-0.25, -0.2) is 0 Å². The van der Waals surface area contributed by atoms with Gasteiger partial charge in [-0.2, -0.15) is 0 Å². The Morgan fingerprint density at radius 2 is 2.00 bits per heavy atom. The zero-order valence-corrected chi connectivity index (χ0v) is 9.22. The maximum absolute atomic E-state index is 2.64. The number of rotatable bonds is 2. The molecular weight excluding hydrogens is 146 g/mol. The van der Waals surface area contributed by atoms with Crippen LogP contribution in [0.15, 0.2) is 0 Å². The van der Waals surface area contributed by atoms with E-state index in [1.165, 1.54) is 19.4 Å². The van der Waals surface area contributed by atoms with E-state index in [0.717, 1.165) is 12.0 Å². The van der Waals surface area contributed by atoms with Crippen molar-refractivity contribution in [1.29, 1.82) is 0 Å². The van der Waals surface area contributed by atoms with Crippen LogP contribution in [0.5, 0.6) is 0 Å². The molecular formula is C11H23N. The lowest BCUT2D eigenvalue weighted by Gasteiger charge is -2.52. The van der Waals surface area contributed by atoms with Crippen LogP contribution in [0.25, 0.3) is 0 Å². The minimum atomic E-state index is 0.381. The molecule has 72 valence electrons. The second-order valence-electron chi connectivity index (χ2n) is 5.11. The van der Waals surface area contributed by atoms with Crippen LogP contribution in [-0.4, -0.2) is 23.0 Å². The minimum Gasteiger partial charge on any atom is -0.295 e. The molecule has 1 nitrogen and oxygen atoms in total. The third-order valence-corrected chi connectivity index (χ3v) is 3.23. The Hall–Kier alpha value is -0.0400. The summed E-state index contributed by atoms with van der Waals surface area (Å²) in [5.41, 5.74) is 0.381. The highest BCUT2D eigenvalue weighted by atomic mass is 15.3. The monoisotopic (exact) mass is 169 g/mol. The van der Waals surface area contributed by atoms with Crippen LogP contribution >= 0.6 is 0 Å². The summed E-state index contributed by atoms with van der Waals surface area (Å²) in [5.74, 6) is 0.873. The first kappa shape index (κ1) is 10.0. The topological polar surface area (TPSA) is 3.24 Å². The molecule has 1 heteroatoms. The smallest absolute Gasteiger partial charge is 0.0138 e. The van der Waals surface area contributed by atoms with E-state index >= 15 is 0 Å². The second kappa shape index (κ2) is 3.37. The van der Waals surface area contributed by atoms with Gasteiger partial charge in [0.25, 0.3) is 0 Å². The fourth-order valence-corrected chi connectivity index (χ4v) is 2.10. The predicted molar refractivity (Wildman–Crippen MR) is 54.3 cm³/mol. The lowest BCUT2D eigenvalue weighted by molar-refractivity contribution is -0.0265. The fraction of sp³-hybridized carbons (Fsp3) is 1.00. The van der Waals surface area contributed by atoms with Gasteiger partial charge in [-0.3, -0.25) is 4.90 Å². The van der Waals surface area contributed by atoms with Gasteiger partial charge in [0, 0.05) is 18.1 Å². The molecule has 0 bridgehead atoms. The maximum Gasteiger partial charge on any atom is 0.0138 e. The Balaban J connectivity index is 2.49. The molecule has 12 heavy (non-hydrogen) atoms. The highest BCUT2D eigenvalue weighted by Gasteiger charge is 2.38. The third-order valence-electron chi connectivity index (χ3n) is 3.23. The van der Waals surface area contributed by atoms with Crippen molar-refractivity contribution in [3.63, 3.8) is 0 Å². The Kier molecular flexibility index (Phi) is 2.82. The standard InChI is InChI=1S/C11H23N/c1-6-9(2)10-7-8-12(10)11(3,4)5/h9-10H,6-8H2,1-5H3. The van der Waals surface area contributed by atoms with Gasteiger partial charge >= 0.3 is 0 Å². The van der Waals surface area contributed by atoms with E-state index in [-0.39, 0.29) is 0 Å². The van der Waals surface area contributed by atoms with Crippen molar-refractivity contribution in [3.8, 4) is 0 Å². The molecule has 0 N–H and O–H groups in total. The predicted octanol–water partition coefficient (Wildman–Crippen LogP) is 2.91. The summed E-state index contributed by atoms with van der Waals surface area (Å²) in [7, 11) is 0. The third kappa shape index (κ3) is 1.82. The van der Waals surface area contributed by atoms with Crippen molar-refractivity contribution in [1.82, 2.24) is 4.90 Å².